The van der Waals surface area contributed by atoms with Gasteiger partial charge in [-0.05, 0) is 59.1 Å². The number of amides is 1. The van der Waals surface area contributed by atoms with E-state index in [0.29, 0.717) is 13.0 Å². The molecule has 0 aromatic heterocycles. The van der Waals surface area contributed by atoms with Crippen molar-refractivity contribution in [2.24, 2.45) is 0 Å². The van der Waals surface area contributed by atoms with Crippen LogP contribution in [0.1, 0.15) is 58.6 Å². The van der Waals surface area contributed by atoms with Gasteiger partial charge in [-0.1, -0.05) is 30.3 Å². The summed E-state index contributed by atoms with van der Waals surface area (Å²) in [4.78, 5) is 16.9. The third-order valence-corrected chi connectivity index (χ3v) is 4.92. The van der Waals surface area contributed by atoms with Gasteiger partial charge in [0.25, 0.3) is 0 Å². The van der Waals surface area contributed by atoms with Gasteiger partial charge in [-0.25, -0.2) is 0 Å². The highest BCUT2D eigenvalue weighted by atomic mass is 16.3. The molecular weight excluding hydrogens is 300 g/mol. The van der Waals surface area contributed by atoms with Crippen LogP contribution in [0.4, 0.5) is 0 Å². The molecule has 1 N–H and O–H groups in total. The van der Waals surface area contributed by atoms with E-state index in [0.717, 1.165) is 24.9 Å². The first-order chi connectivity index (χ1) is 11.4. The molecule has 1 aromatic rings. The maximum atomic E-state index is 12.7. The highest BCUT2D eigenvalue weighted by Crippen LogP contribution is 2.27. The minimum Gasteiger partial charge on any atom is -0.388 e. The molecule has 4 nitrogen and oxygen atoms in total. The van der Waals surface area contributed by atoms with E-state index in [2.05, 4.69) is 32.6 Å². The number of likely N-dealkylation sites (tertiary alicyclic amines) is 1. The maximum Gasteiger partial charge on any atom is 0.237 e. The van der Waals surface area contributed by atoms with E-state index in [4.69, 9.17) is 0 Å². The first kappa shape index (κ1) is 18.9. The molecule has 2 rings (SSSR count). The Labute approximate surface area is 146 Å². The fourth-order valence-electron chi connectivity index (χ4n) is 3.87. The van der Waals surface area contributed by atoms with E-state index in [-0.39, 0.29) is 24.0 Å². The van der Waals surface area contributed by atoms with Crippen molar-refractivity contribution >= 4 is 5.91 Å². The van der Waals surface area contributed by atoms with Gasteiger partial charge >= 0.3 is 0 Å². The third kappa shape index (κ3) is 4.81. The van der Waals surface area contributed by atoms with Gasteiger partial charge in [0.05, 0.1) is 12.6 Å². The second kappa shape index (κ2) is 8.63. The van der Waals surface area contributed by atoms with E-state index in [1.165, 1.54) is 0 Å². The number of aliphatic hydroxyl groups is 1. The van der Waals surface area contributed by atoms with E-state index in [1.807, 2.05) is 35.2 Å². The lowest BCUT2D eigenvalue weighted by molar-refractivity contribution is -0.136. The molecule has 1 heterocycles. The Bertz CT molecular complexity index is 508. The molecule has 4 heteroatoms. The standard InChI is InChI=1S/C20H32N2O2/c1-15(2)22(16(3)4)20(24)14-21-12-8-11-18(21)13-19(23)17-9-6-5-7-10-17/h5-7,9-10,15-16,18-19,23H,8,11-14H2,1-4H3. The molecule has 1 aliphatic rings. The Balaban J connectivity index is 1.96. The first-order valence-electron chi connectivity index (χ1n) is 9.18. The van der Waals surface area contributed by atoms with Crippen LogP contribution in [0.15, 0.2) is 30.3 Å². The number of aliphatic hydroxyl groups excluding tert-OH is 1. The van der Waals surface area contributed by atoms with E-state index in [9.17, 15) is 9.90 Å². The SMILES string of the molecule is CC(C)N(C(=O)CN1CCCC1CC(O)c1ccccc1)C(C)C. The molecule has 1 aliphatic heterocycles. The van der Waals surface area contributed by atoms with Gasteiger partial charge < -0.3 is 10.0 Å². The fourth-order valence-corrected chi connectivity index (χ4v) is 3.87. The molecule has 1 saturated heterocycles. The van der Waals surface area contributed by atoms with Crippen LogP contribution < -0.4 is 0 Å². The summed E-state index contributed by atoms with van der Waals surface area (Å²) >= 11 is 0. The third-order valence-electron chi connectivity index (χ3n) is 4.92. The topological polar surface area (TPSA) is 43.8 Å². The van der Waals surface area contributed by atoms with Crippen LogP contribution in [0, 0.1) is 0 Å². The van der Waals surface area contributed by atoms with Crippen molar-refractivity contribution in [1.82, 2.24) is 9.80 Å². The number of carbonyl (C=O) groups excluding carboxylic acids is 1. The predicted octanol–water partition coefficient (Wildman–Crippen LogP) is 3.22. The van der Waals surface area contributed by atoms with Gasteiger partial charge in [-0.2, -0.15) is 0 Å². The van der Waals surface area contributed by atoms with Gasteiger partial charge in [-0.3, -0.25) is 9.69 Å². The van der Waals surface area contributed by atoms with Crippen LogP contribution in [0.5, 0.6) is 0 Å². The Morgan fingerprint density at radius 1 is 1.21 bits per heavy atom. The number of hydrogen-bond acceptors (Lipinski definition) is 3. The second-order valence-corrected chi connectivity index (χ2v) is 7.42. The molecule has 0 spiro atoms. The van der Waals surface area contributed by atoms with Crippen LogP contribution in [0.2, 0.25) is 0 Å². The predicted molar refractivity (Wildman–Crippen MR) is 97.7 cm³/mol. The minimum absolute atomic E-state index is 0.195. The number of benzene rings is 1. The van der Waals surface area contributed by atoms with Gasteiger partial charge in [0.15, 0.2) is 0 Å². The molecule has 2 atom stereocenters. The molecule has 134 valence electrons. The van der Waals surface area contributed by atoms with Crippen molar-refractivity contribution in [3.8, 4) is 0 Å². The minimum atomic E-state index is -0.460. The smallest absolute Gasteiger partial charge is 0.237 e. The van der Waals surface area contributed by atoms with Crippen LogP contribution in [0.3, 0.4) is 0 Å². The normalized spacial score (nSPS) is 19.9. The van der Waals surface area contributed by atoms with Gasteiger partial charge in [0, 0.05) is 18.1 Å². The zero-order chi connectivity index (χ0) is 17.7. The quantitative estimate of drug-likeness (QED) is 0.834. The summed E-state index contributed by atoms with van der Waals surface area (Å²) < 4.78 is 0. The van der Waals surface area contributed by atoms with Crippen LogP contribution in [-0.2, 0) is 4.79 Å². The van der Waals surface area contributed by atoms with Gasteiger partial charge in [0.1, 0.15) is 0 Å². The Morgan fingerprint density at radius 2 is 1.83 bits per heavy atom. The fraction of sp³-hybridized carbons (Fsp3) is 0.650. The summed E-state index contributed by atoms with van der Waals surface area (Å²) in [6.07, 6.45) is 2.39. The Morgan fingerprint density at radius 3 is 2.42 bits per heavy atom. The number of hydrogen-bond donors (Lipinski definition) is 1. The van der Waals surface area contributed by atoms with Crippen LogP contribution in [-0.4, -0.2) is 52.0 Å². The molecule has 0 radical (unpaired) electrons. The largest absolute Gasteiger partial charge is 0.388 e. The summed E-state index contributed by atoms with van der Waals surface area (Å²) in [5, 5.41) is 10.5. The van der Waals surface area contributed by atoms with Crippen LogP contribution in [0.25, 0.3) is 0 Å². The summed E-state index contributed by atoms with van der Waals surface area (Å²) in [6.45, 7) is 9.68. The van der Waals surface area contributed by atoms with Crippen molar-refractivity contribution in [1.29, 1.82) is 0 Å². The molecule has 1 amide bonds. The van der Waals surface area contributed by atoms with Crippen molar-refractivity contribution in [3.63, 3.8) is 0 Å². The zero-order valence-electron chi connectivity index (χ0n) is 15.5. The lowest BCUT2D eigenvalue weighted by Crippen LogP contribution is -2.48. The Hall–Kier alpha value is -1.39. The average Bonchev–Trinajstić information content (AvgIpc) is 2.94. The molecule has 0 saturated carbocycles. The highest BCUT2D eigenvalue weighted by molar-refractivity contribution is 5.79. The van der Waals surface area contributed by atoms with Gasteiger partial charge in [-0.15, -0.1) is 0 Å². The van der Waals surface area contributed by atoms with Crippen molar-refractivity contribution in [3.05, 3.63) is 35.9 Å². The summed E-state index contributed by atoms with van der Waals surface area (Å²) in [5.74, 6) is 0.195. The van der Waals surface area contributed by atoms with E-state index < -0.39 is 6.10 Å². The molecule has 0 bridgehead atoms. The first-order valence-corrected chi connectivity index (χ1v) is 9.18. The number of rotatable bonds is 7. The lowest BCUT2D eigenvalue weighted by atomic mass is 10.0. The van der Waals surface area contributed by atoms with Gasteiger partial charge in [0.2, 0.25) is 5.91 Å². The van der Waals surface area contributed by atoms with Crippen LogP contribution >= 0.6 is 0 Å². The molecule has 1 aromatic carbocycles. The second-order valence-electron chi connectivity index (χ2n) is 7.42. The molecule has 1 fully saturated rings. The molecule has 2 unspecified atom stereocenters. The maximum absolute atomic E-state index is 12.7. The number of nitrogens with zero attached hydrogens (tertiary/aromatic N) is 2. The van der Waals surface area contributed by atoms with Crippen molar-refractivity contribution in [2.75, 3.05) is 13.1 Å². The van der Waals surface area contributed by atoms with Crippen molar-refractivity contribution < 1.29 is 9.90 Å². The monoisotopic (exact) mass is 332 g/mol. The summed E-state index contributed by atoms with van der Waals surface area (Å²) in [7, 11) is 0. The zero-order valence-corrected chi connectivity index (χ0v) is 15.5. The highest BCUT2D eigenvalue weighted by Gasteiger charge is 2.30. The summed E-state index contributed by atoms with van der Waals surface area (Å²) in [5.41, 5.74) is 0.960. The van der Waals surface area contributed by atoms with E-state index in [1.54, 1.807) is 0 Å². The summed E-state index contributed by atoms with van der Waals surface area (Å²) in [6, 6.07) is 10.5. The Kier molecular flexibility index (Phi) is 6.81. The lowest BCUT2D eigenvalue weighted by Gasteiger charge is -2.34. The average molecular weight is 332 g/mol. The number of carbonyl (C=O) groups is 1. The van der Waals surface area contributed by atoms with E-state index >= 15 is 0 Å². The molecule has 24 heavy (non-hydrogen) atoms. The molecular formula is C20H32N2O2. The molecule has 0 aliphatic carbocycles. The van der Waals surface area contributed by atoms with Crippen molar-refractivity contribution in [2.45, 2.75) is 71.2 Å².